The van der Waals surface area contributed by atoms with Crippen LogP contribution in [0, 0.1) is 0 Å². The molecule has 2 heterocycles. The van der Waals surface area contributed by atoms with Gasteiger partial charge in [-0.25, -0.2) is 5.84 Å². The van der Waals surface area contributed by atoms with Crippen molar-refractivity contribution in [2.24, 2.45) is 5.84 Å². The van der Waals surface area contributed by atoms with Crippen LogP contribution in [-0.4, -0.2) is 10.5 Å². The van der Waals surface area contributed by atoms with E-state index < -0.39 is 0 Å². The number of carbonyl (C=O) groups excluding carboxylic acids is 1. The highest BCUT2D eigenvalue weighted by atomic mass is 35.5. The summed E-state index contributed by atoms with van der Waals surface area (Å²) < 4.78 is 7.37. The summed E-state index contributed by atoms with van der Waals surface area (Å²) in [5.74, 6) is 5.37. The van der Waals surface area contributed by atoms with E-state index in [0.29, 0.717) is 22.9 Å². The molecule has 1 amide bonds. The highest BCUT2D eigenvalue weighted by Gasteiger charge is 2.10. The van der Waals surface area contributed by atoms with Crippen molar-refractivity contribution >= 4 is 28.4 Å². The van der Waals surface area contributed by atoms with Gasteiger partial charge in [0.05, 0.1) is 12.1 Å². The Morgan fingerprint density at radius 2 is 2.25 bits per heavy atom. The number of nitrogens with one attached hydrogen (secondary N) is 1. The summed E-state index contributed by atoms with van der Waals surface area (Å²) in [5.41, 5.74) is 3.48. The summed E-state index contributed by atoms with van der Waals surface area (Å²) in [7, 11) is 0. The zero-order valence-corrected chi connectivity index (χ0v) is 11.2. The van der Waals surface area contributed by atoms with E-state index in [2.05, 4.69) is 5.43 Å². The van der Waals surface area contributed by atoms with Crippen LogP contribution in [0.4, 0.5) is 0 Å². The van der Waals surface area contributed by atoms with E-state index in [1.807, 2.05) is 35.0 Å². The minimum atomic E-state index is -0.375. The summed E-state index contributed by atoms with van der Waals surface area (Å²) in [6, 6.07) is 9.35. The fraction of sp³-hybridized carbons (Fsp3) is 0.0714. The Morgan fingerprint density at radius 3 is 3.05 bits per heavy atom. The number of rotatable bonds is 3. The zero-order valence-electron chi connectivity index (χ0n) is 10.5. The van der Waals surface area contributed by atoms with Crippen LogP contribution in [0.5, 0.6) is 0 Å². The number of nitrogen functional groups attached to an aromatic ring is 1. The molecule has 0 unspecified atom stereocenters. The molecule has 0 saturated carbocycles. The van der Waals surface area contributed by atoms with Gasteiger partial charge >= 0.3 is 0 Å². The van der Waals surface area contributed by atoms with E-state index >= 15 is 0 Å². The van der Waals surface area contributed by atoms with Crippen molar-refractivity contribution in [3.05, 3.63) is 59.1 Å². The van der Waals surface area contributed by atoms with Crippen LogP contribution in [0.25, 0.3) is 10.9 Å². The van der Waals surface area contributed by atoms with Crippen molar-refractivity contribution in [1.82, 2.24) is 9.99 Å². The van der Waals surface area contributed by atoms with Crippen molar-refractivity contribution in [3.63, 3.8) is 0 Å². The fourth-order valence-corrected chi connectivity index (χ4v) is 2.39. The molecule has 0 radical (unpaired) electrons. The molecule has 0 aliphatic carbocycles. The fourth-order valence-electron chi connectivity index (χ4n) is 2.16. The first kappa shape index (κ1) is 12.8. The molecule has 3 N–H and O–H groups in total. The highest BCUT2D eigenvalue weighted by Crippen LogP contribution is 2.25. The molecular formula is C14H12ClN3O2. The number of halogens is 1. The van der Waals surface area contributed by atoms with Crippen LogP contribution in [0.2, 0.25) is 5.02 Å². The number of hydrogen-bond acceptors (Lipinski definition) is 3. The Bertz CT molecular complexity index is 776. The second-order valence-electron chi connectivity index (χ2n) is 4.39. The van der Waals surface area contributed by atoms with Gasteiger partial charge in [0.15, 0.2) is 0 Å². The first-order valence-electron chi connectivity index (χ1n) is 6.01. The van der Waals surface area contributed by atoms with Crippen molar-refractivity contribution in [2.75, 3.05) is 0 Å². The minimum absolute atomic E-state index is 0.375. The zero-order chi connectivity index (χ0) is 14.1. The van der Waals surface area contributed by atoms with Crippen LogP contribution in [0.15, 0.2) is 47.2 Å². The third-order valence-electron chi connectivity index (χ3n) is 3.13. The molecule has 0 spiro atoms. The summed E-state index contributed by atoms with van der Waals surface area (Å²) in [6.07, 6.45) is 3.32. The number of aromatic nitrogens is 1. The average Bonchev–Trinajstić information content (AvgIpc) is 3.07. The first-order chi connectivity index (χ1) is 9.69. The summed E-state index contributed by atoms with van der Waals surface area (Å²) in [5, 5.41) is 1.70. The van der Waals surface area contributed by atoms with E-state index in [4.69, 9.17) is 21.9 Å². The summed E-state index contributed by atoms with van der Waals surface area (Å²) >= 11 is 6.13. The lowest BCUT2D eigenvalue weighted by Crippen LogP contribution is -2.29. The largest absolute Gasteiger partial charge is 0.467 e. The van der Waals surface area contributed by atoms with Crippen LogP contribution >= 0.6 is 11.6 Å². The number of nitrogens with zero attached hydrogens (tertiary/aromatic N) is 1. The molecular weight excluding hydrogens is 278 g/mol. The van der Waals surface area contributed by atoms with Crippen molar-refractivity contribution in [2.45, 2.75) is 6.54 Å². The van der Waals surface area contributed by atoms with Crippen molar-refractivity contribution in [3.8, 4) is 0 Å². The minimum Gasteiger partial charge on any atom is -0.467 e. The Hall–Kier alpha value is -2.24. The Labute approximate surface area is 119 Å². The lowest BCUT2D eigenvalue weighted by molar-refractivity contribution is 0.0953. The van der Waals surface area contributed by atoms with Gasteiger partial charge in [0, 0.05) is 22.1 Å². The predicted molar refractivity (Wildman–Crippen MR) is 76.4 cm³/mol. The molecule has 0 fully saturated rings. The van der Waals surface area contributed by atoms with E-state index in [0.717, 1.165) is 10.9 Å². The Balaban J connectivity index is 1.92. The number of fused-ring (bicyclic) bond motifs is 1. The lowest BCUT2D eigenvalue weighted by Gasteiger charge is -2.03. The molecule has 2 aromatic heterocycles. The monoisotopic (exact) mass is 289 g/mol. The topological polar surface area (TPSA) is 73.2 Å². The summed E-state index contributed by atoms with van der Waals surface area (Å²) in [4.78, 5) is 11.4. The normalized spacial score (nSPS) is 10.9. The molecule has 0 atom stereocenters. The van der Waals surface area contributed by atoms with Gasteiger partial charge in [-0.05, 0) is 24.3 Å². The molecule has 5 nitrogen and oxygen atoms in total. The van der Waals surface area contributed by atoms with Gasteiger partial charge in [-0.3, -0.25) is 10.2 Å². The first-order valence-corrected chi connectivity index (χ1v) is 6.38. The molecule has 0 saturated heterocycles. The van der Waals surface area contributed by atoms with Crippen LogP contribution < -0.4 is 11.3 Å². The van der Waals surface area contributed by atoms with E-state index in [-0.39, 0.29) is 5.91 Å². The maximum atomic E-state index is 11.4. The molecule has 1 aromatic carbocycles. The maximum Gasteiger partial charge on any atom is 0.268 e. The van der Waals surface area contributed by atoms with Crippen molar-refractivity contribution in [1.29, 1.82) is 0 Å². The Morgan fingerprint density at radius 1 is 1.40 bits per heavy atom. The second-order valence-corrected chi connectivity index (χ2v) is 4.80. The van der Waals surface area contributed by atoms with Crippen LogP contribution in [0.3, 0.4) is 0 Å². The molecule has 20 heavy (non-hydrogen) atoms. The van der Waals surface area contributed by atoms with E-state index in [9.17, 15) is 4.79 Å². The molecule has 0 aliphatic rings. The molecule has 3 aromatic rings. The van der Waals surface area contributed by atoms with E-state index in [1.165, 1.54) is 6.26 Å². The van der Waals surface area contributed by atoms with Crippen LogP contribution in [0.1, 0.15) is 16.1 Å². The second kappa shape index (κ2) is 5.03. The number of nitrogens with two attached hydrogens (primary N) is 1. The standard InChI is InChI=1S/C14H12ClN3O2/c15-12-2-1-3-13-11(12)4-5-18(13)7-10-6-9(8-20-10)14(19)17-16/h1-6,8H,7,16H2,(H,17,19). The number of hydrogen-bond donors (Lipinski definition) is 2. The maximum absolute atomic E-state index is 11.4. The van der Waals surface area contributed by atoms with Crippen LogP contribution in [-0.2, 0) is 6.54 Å². The molecule has 6 heteroatoms. The summed E-state index contributed by atoms with van der Waals surface area (Å²) in [6.45, 7) is 0.516. The number of carbonyl (C=O) groups is 1. The number of amides is 1. The number of hydrazine groups is 1. The quantitative estimate of drug-likeness (QED) is 0.442. The van der Waals surface area contributed by atoms with Gasteiger partial charge < -0.3 is 8.98 Å². The van der Waals surface area contributed by atoms with Gasteiger partial charge in [-0.2, -0.15) is 0 Å². The average molecular weight is 290 g/mol. The Kier molecular flexibility index (Phi) is 3.22. The smallest absolute Gasteiger partial charge is 0.268 e. The molecule has 0 aliphatic heterocycles. The number of benzene rings is 1. The van der Waals surface area contributed by atoms with Gasteiger partial charge in [-0.15, -0.1) is 0 Å². The van der Waals surface area contributed by atoms with Gasteiger partial charge in [0.2, 0.25) is 0 Å². The SMILES string of the molecule is NNC(=O)c1coc(Cn2ccc3c(Cl)cccc32)c1. The third kappa shape index (κ3) is 2.17. The molecule has 3 rings (SSSR count). The lowest BCUT2D eigenvalue weighted by atomic mass is 10.2. The van der Waals surface area contributed by atoms with Gasteiger partial charge in [0.1, 0.15) is 12.0 Å². The predicted octanol–water partition coefficient (Wildman–Crippen LogP) is 2.54. The van der Waals surface area contributed by atoms with Crippen molar-refractivity contribution < 1.29 is 9.21 Å². The van der Waals surface area contributed by atoms with E-state index in [1.54, 1.807) is 6.07 Å². The third-order valence-corrected chi connectivity index (χ3v) is 3.46. The molecule has 102 valence electrons. The number of furan rings is 1. The molecule has 0 bridgehead atoms. The van der Waals surface area contributed by atoms with Gasteiger partial charge in [-0.1, -0.05) is 17.7 Å². The highest BCUT2D eigenvalue weighted by molar-refractivity contribution is 6.35. The van der Waals surface area contributed by atoms with Gasteiger partial charge in [0.25, 0.3) is 5.91 Å².